The number of hydrazine groups is 1. The summed E-state index contributed by atoms with van der Waals surface area (Å²) in [5.74, 6) is -0.144. The summed E-state index contributed by atoms with van der Waals surface area (Å²) in [5.41, 5.74) is 2.33. The van der Waals surface area contributed by atoms with E-state index in [9.17, 15) is 9.59 Å². The summed E-state index contributed by atoms with van der Waals surface area (Å²) in [6, 6.07) is 9.53. The molecule has 0 aliphatic heterocycles. The molecule has 0 saturated heterocycles. The van der Waals surface area contributed by atoms with Gasteiger partial charge in [0.15, 0.2) is 0 Å². The summed E-state index contributed by atoms with van der Waals surface area (Å²) in [6.07, 6.45) is 0.0429. The fourth-order valence-electron chi connectivity index (χ4n) is 1.86. The molecule has 0 fully saturated rings. The van der Waals surface area contributed by atoms with Crippen LogP contribution in [0.15, 0.2) is 30.3 Å². The summed E-state index contributed by atoms with van der Waals surface area (Å²) in [5, 5.41) is 1.34. The highest BCUT2D eigenvalue weighted by molar-refractivity contribution is 5.83. The molecule has 0 atom stereocenters. The summed E-state index contributed by atoms with van der Waals surface area (Å²) < 4.78 is 5.26. The lowest BCUT2D eigenvalue weighted by molar-refractivity contribution is -0.144. The van der Waals surface area contributed by atoms with E-state index in [0.717, 1.165) is 5.56 Å². The molecule has 5 heteroatoms. The number of benzene rings is 1. The Labute approximate surface area is 139 Å². The van der Waals surface area contributed by atoms with Gasteiger partial charge >= 0.3 is 6.09 Å². The number of amides is 2. The van der Waals surface area contributed by atoms with E-state index in [2.05, 4.69) is 5.43 Å². The van der Waals surface area contributed by atoms with Crippen molar-refractivity contribution in [3.05, 3.63) is 35.9 Å². The zero-order chi connectivity index (χ0) is 17.7. The van der Waals surface area contributed by atoms with Gasteiger partial charge in [0.25, 0.3) is 0 Å². The van der Waals surface area contributed by atoms with Gasteiger partial charge in [0.1, 0.15) is 5.60 Å². The first-order valence-electron chi connectivity index (χ1n) is 7.90. The van der Waals surface area contributed by atoms with Crippen LogP contribution in [0.4, 0.5) is 4.79 Å². The number of nitrogens with one attached hydrogen (secondary N) is 1. The number of ether oxygens (including phenoxy) is 1. The minimum Gasteiger partial charge on any atom is -0.443 e. The number of nitrogens with zero attached hydrogens (tertiary/aromatic N) is 1. The van der Waals surface area contributed by atoms with E-state index in [4.69, 9.17) is 4.74 Å². The molecule has 5 nitrogen and oxygen atoms in total. The van der Waals surface area contributed by atoms with Gasteiger partial charge in [0.05, 0.1) is 6.54 Å². The number of rotatable bonds is 4. The lowest BCUT2D eigenvalue weighted by Crippen LogP contribution is -2.51. The Kier molecular flexibility index (Phi) is 6.19. The van der Waals surface area contributed by atoms with E-state index in [1.165, 1.54) is 5.01 Å². The second kappa shape index (κ2) is 7.49. The Morgan fingerprint density at radius 2 is 1.65 bits per heavy atom. The lowest BCUT2D eigenvalue weighted by atomic mass is 9.89. The van der Waals surface area contributed by atoms with Crippen LogP contribution < -0.4 is 5.43 Å². The fourth-order valence-corrected chi connectivity index (χ4v) is 1.86. The van der Waals surface area contributed by atoms with Crippen molar-refractivity contribution < 1.29 is 14.3 Å². The van der Waals surface area contributed by atoms with Gasteiger partial charge in [0.2, 0.25) is 5.91 Å². The van der Waals surface area contributed by atoms with Crippen LogP contribution >= 0.6 is 0 Å². The van der Waals surface area contributed by atoms with Crippen molar-refractivity contribution in [1.29, 1.82) is 0 Å². The third kappa shape index (κ3) is 6.30. The summed E-state index contributed by atoms with van der Waals surface area (Å²) in [4.78, 5) is 24.8. The maximum Gasteiger partial charge on any atom is 0.426 e. The Bertz CT molecular complexity index is 533. The van der Waals surface area contributed by atoms with Crippen LogP contribution in [0.25, 0.3) is 0 Å². The van der Waals surface area contributed by atoms with Crippen LogP contribution in [0.1, 0.15) is 53.5 Å². The maximum atomic E-state index is 12.8. The van der Waals surface area contributed by atoms with E-state index < -0.39 is 17.1 Å². The van der Waals surface area contributed by atoms with Crippen LogP contribution in [-0.2, 0) is 16.1 Å². The summed E-state index contributed by atoms with van der Waals surface area (Å²) in [6.45, 7) is 11.3. The molecule has 0 radical (unpaired) electrons. The number of carbonyl (C=O) groups is 2. The van der Waals surface area contributed by atoms with Gasteiger partial charge < -0.3 is 4.74 Å². The molecule has 0 saturated carbocycles. The highest BCUT2D eigenvalue weighted by Gasteiger charge is 2.32. The first kappa shape index (κ1) is 19.0. The molecule has 23 heavy (non-hydrogen) atoms. The van der Waals surface area contributed by atoms with Crippen molar-refractivity contribution in [3.63, 3.8) is 0 Å². The topological polar surface area (TPSA) is 58.6 Å². The number of carbonyl (C=O) groups excluding carboxylic acids is 2. The Morgan fingerprint density at radius 1 is 1.09 bits per heavy atom. The van der Waals surface area contributed by atoms with Gasteiger partial charge in [-0.2, -0.15) is 0 Å². The van der Waals surface area contributed by atoms with Crippen molar-refractivity contribution >= 4 is 12.0 Å². The first-order chi connectivity index (χ1) is 10.5. The standard InChI is InChI=1S/C18H28N2O3/c1-7-18(5,6)15(21)20(13-14-11-9-8-10-12-14)19-16(22)23-17(2,3)4/h8-12H,7,13H2,1-6H3,(H,19,22). The van der Waals surface area contributed by atoms with Crippen molar-refractivity contribution in [2.45, 2.75) is 60.1 Å². The maximum absolute atomic E-state index is 12.8. The average molecular weight is 320 g/mol. The van der Waals surface area contributed by atoms with E-state index in [1.807, 2.05) is 51.1 Å². The molecule has 0 unspecified atom stereocenters. The molecule has 0 aliphatic rings. The van der Waals surface area contributed by atoms with Crippen molar-refractivity contribution in [1.82, 2.24) is 10.4 Å². The molecule has 1 N–H and O–H groups in total. The summed E-state index contributed by atoms with van der Waals surface area (Å²) >= 11 is 0. The van der Waals surface area contributed by atoms with E-state index in [0.29, 0.717) is 13.0 Å². The van der Waals surface area contributed by atoms with Crippen LogP contribution in [0.3, 0.4) is 0 Å². The molecule has 1 rings (SSSR count). The normalized spacial score (nSPS) is 11.7. The van der Waals surface area contributed by atoms with Crippen LogP contribution in [-0.4, -0.2) is 22.6 Å². The van der Waals surface area contributed by atoms with Crippen LogP contribution in [0, 0.1) is 5.41 Å². The van der Waals surface area contributed by atoms with Gasteiger partial charge in [-0.1, -0.05) is 51.1 Å². The predicted octanol–water partition coefficient (Wildman–Crippen LogP) is 3.89. The van der Waals surface area contributed by atoms with Crippen molar-refractivity contribution in [2.75, 3.05) is 0 Å². The van der Waals surface area contributed by atoms with Crippen molar-refractivity contribution in [3.8, 4) is 0 Å². The molecular formula is C18H28N2O3. The molecular weight excluding hydrogens is 292 g/mol. The Morgan fingerprint density at radius 3 is 2.13 bits per heavy atom. The van der Waals surface area contributed by atoms with E-state index in [-0.39, 0.29) is 5.91 Å². The van der Waals surface area contributed by atoms with Crippen LogP contribution in [0.2, 0.25) is 0 Å². The molecule has 2 amide bonds. The van der Waals surface area contributed by atoms with E-state index in [1.54, 1.807) is 20.8 Å². The Hall–Kier alpha value is -2.04. The molecule has 0 heterocycles. The fraction of sp³-hybridized carbons (Fsp3) is 0.556. The van der Waals surface area contributed by atoms with Gasteiger partial charge in [-0.05, 0) is 32.8 Å². The zero-order valence-electron chi connectivity index (χ0n) is 15.0. The molecule has 1 aromatic carbocycles. The highest BCUT2D eigenvalue weighted by atomic mass is 16.6. The SMILES string of the molecule is CCC(C)(C)C(=O)N(Cc1ccccc1)NC(=O)OC(C)(C)C. The van der Waals surface area contributed by atoms with Crippen molar-refractivity contribution in [2.24, 2.45) is 5.41 Å². The second-order valence-electron chi connectivity index (χ2n) is 7.23. The molecule has 0 spiro atoms. The number of hydrogen-bond donors (Lipinski definition) is 1. The molecule has 0 aromatic heterocycles. The minimum absolute atomic E-state index is 0.144. The number of hydrogen-bond acceptors (Lipinski definition) is 3. The summed E-state index contributed by atoms with van der Waals surface area (Å²) in [7, 11) is 0. The van der Waals surface area contributed by atoms with Gasteiger partial charge in [-0.3, -0.25) is 4.79 Å². The highest BCUT2D eigenvalue weighted by Crippen LogP contribution is 2.23. The molecule has 1 aromatic rings. The van der Waals surface area contributed by atoms with E-state index >= 15 is 0 Å². The predicted molar refractivity (Wildman–Crippen MR) is 90.4 cm³/mol. The average Bonchev–Trinajstić information content (AvgIpc) is 2.45. The first-order valence-corrected chi connectivity index (χ1v) is 7.90. The Balaban J connectivity index is 2.93. The third-order valence-corrected chi connectivity index (χ3v) is 3.52. The quantitative estimate of drug-likeness (QED) is 0.856. The zero-order valence-corrected chi connectivity index (χ0v) is 15.0. The smallest absolute Gasteiger partial charge is 0.426 e. The largest absolute Gasteiger partial charge is 0.443 e. The van der Waals surface area contributed by atoms with Gasteiger partial charge in [0, 0.05) is 5.41 Å². The van der Waals surface area contributed by atoms with Gasteiger partial charge in [-0.15, -0.1) is 0 Å². The van der Waals surface area contributed by atoms with Gasteiger partial charge in [-0.25, -0.2) is 15.2 Å². The third-order valence-electron chi connectivity index (χ3n) is 3.52. The minimum atomic E-state index is -0.631. The molecule has 0 aliphatic carbocycles. The monoisotopic (exact) mass is 320 g/mol. The second-order valence-corrected chi connectivity index (χ2v) is 7.23. The lowest BCUT2D eigenvalue weighted by Gasteiger charge is -2.32. The molecule has 0 bridgehead atoms. The van der Waals surface area contributed by atoms with Crippen LogP contribution in [0.5, 0.6) is 0 Å². The molecule has 128 valence electrons.